The van der Waals surface area contributed by atoms with E-state index in [1.165, 1.54) is 50.6 Å². The van der Waals surface area contributed by atoms with Gasteiger partial charge in [-0.25, -0.2) is 0 Å². The molecule has 1 atom stereocenters. The molecule has 1 aliphatic carbocycles. The molecule has 2 aliphatic rings. The topological polar surface area (TPSA) is 69.2 Å². The summed E-state index contributed by atoms with van der Waals surface area (Å²) < 4.78 is 13.3. The first-order valence-electron chi connectivity index (χ1n) is 13.0. The van der Waals surface area contributed by atoms with E-state index in [9.17, 15) is 0 Å². The van der Waals surface area contributed by atoms with Gasteiger partial charge in [-0.2, -0.15) is 10.1 Å². The fourth-order valence-corrected chi connectivity index (χ4v) is 5.52. The third-order valence-electron chi connectivity index (χ3n) is 7.60. The third kappa shape index (κ3) is 5.10. The quantitative estimate of drug-likeness (QED) is 0.429. The molecule has 0 bridgehead atoms. The van der Waals surface area contributed by atoms with Gasteiger partial charge in [0.25, 0.3) is 5.89 Å². The Morgan fingerprint density at radius 1 is 1.03 bits per heavy atom. The number of hydrogen-bond donors (Lipinski definition) is 0. The molecule has 1 unspecified atom stereocenters. The van der Waals surface area contributed by atoms with Crippen LogP contribution in [-0.4, -0.2) is 51.1 Å². The molecule has 182 valence electrons. The monoisotopic (exact) mass is 463 g/mol. The molecule has 1 saturated heterocycles. The highest BCUT2D eigenvalue weighted by Crippen LogP contribution is 2.33. The summed E-state index contributed by atoms with van der Waals surface area (Å²) in [5, 5.41) is 8.97. The lowest BCUT2D eigenvalue weighted by molar-refractivity contribution is 0.163. The summed E-state index contributed by atoms with van der Waals surface area (Å²) in [7, 11) is 1.72. The summed E-state index contributed by atoms with van der Waals surface area (Å²) in [6.07, 6.45) is 13.1. The van der Waals surface area contributed by atoms with Crippen LogP contribution in [0.5, 0.6) is 0 Å². The molecule has 2 aromatic heterocycles. The fraction of sp³-hybridized carbons (Fsp3) is 0.593. The van der Waals surface area contributed by atoms with E-state index < -0.39 is 0 Å². The Hall–Kier alpha value is -2.51. The molecule has 3 heterocycles. The van der Waals surface area contributed by atoms with Gasteiger partial charge in [0, 0.05) is 25.3 Å². The van der Waals surface area contributed by atoms with Gasteiger partial charge in [-0.05, 0) is 51.1 Å². The normalized spacial score (nSPS) is 20.1. The highest BCUT2D eigenvalue weighted by atomic mass is 16.5. The standard InChI is InChI=1S/C27H37N5O2/c1-20-8-6-7-16-31(20)17-15-21-11-13-22(14-12-21)26-29-27(34-30-26)24-18-28-32(25(24)19-33-2)23-9-4-3-5-10-23/h11-14,18,20,23H,3-10,15-17,19H2,1-2H3. The number of ether oxygens (including phenoxy) is 1. The summed E-state index contributed by atoms with van der Waals surface area (Å²) in [5.74, 6) is 1.12. The van der Waals surface area contributed by atoms with Crippen molar-refractivity contribution in [1.29, 1.82) is 0 Å². The van der Waals surface area contributed by atoms with Crippen molar-refractivity contribution in [2.75, 3.05) is 20.2 Å². The predicted molar refractivity (Wildman–Crippen MR) is 132 cm³/mol. The van der Waals surface area contributed by atoms with Gasteiger partial charge >= 0.3 is 0 Å². The average Bonchev–Trinajstić information content (AvgIpc) is 3.52. The summed E-state index contributed by atoms with van der Waals surface area (Å²) in [5.41, 5.74) is 4.21. The number of nitrogens with zero attached hydrogens (tertiary/aromatic N) is 5. The van der Waals surface area contributed by atoms with E-state index >= 15 is 0 Å². The minimum atomic E-state index is 0.426. The molecule has 0 N–H and O–H groups in total. The van der Waals surface area contributed by atoms with Crippen molar-refractivity contribution >= 4 is 0 Å². The minimum absolute atomic E-state index is 0.426. The highest BCUT2D eigenvalue weighted by molar-refractivity contribution is 5.61. The first kappa shape index (κ1) is 23.2. The number of rotatable bonds is 8. The second kappa shape index (κ2) is 10.8. The van der Waals surface area contributed by atoms with Crippen molar-refractivity contribution in [2.45, 2.75) is 83.4 Å². The smallest absolute Gasteiger partial charge is 0.261 e. The zero-order valence-electron chi connectivity index (χ0n) is 20.6. The maximum atomic E-state index is 5.68. The summed E-state index contributed by atoms with van der Waals surface area (Å²) in [4.78, 5) is 7.34. The molecule has 7 nitrogen and oxygen atoms in total. The van der Waals surface area contributed by atoms with E-state index in [1.807, 2.05) is 6.20 Å². The van der Waals surface area contributed by atoms with E-state index in [0.29, 0.717) is 30.4 Å². The van der Waals surface area contributed by atoms with Gasteiger partial charge in [-0.3, -0.25) is 4.68 Å². The lowest BCUT2D eigenvalue weighted by Gasteiger charge is -2.33. The molecule has 0 amide bonds. The predicted octanol–water partition coefficient (Wildman–Crippen LogP) is 5.67. The Labute approximate surface area is 202 Å². The van der Waals surface area contributed by atoms with Crippen LogP contribution in [0.1, 0.15) is 75.6 Å². The summed E-state index contributed by atoms with van der Waals surface area (Å²) in [6, 6.07) is 9.72. The summed E-state index contributed by atoms with van der Waals surface area (Å²) in [6.45, 7) is 5.19. The molecule has 5 rings (SSSR count). The largest absolute Gasteiger partial charge is 0.378 e. The molecule has 1 saturated carbocycles. The van der Waals surface area contributed by atoms with Crippen molar-refractivity contribution < 1.29 is 9.26 Å². The van der Waals surface area contributed by atoms with E-state index in [4.69, 9.17) is 19.3 Å². The Bertz CT molecular complexity index is 1050. The average molecular weight is 464 g/mol. The molecule has 3 aromatic rings. The maximum absolute atomic E-state index is 5.68. The van der Waals surface area contributed by atoms with Gasteiger partial charge in [0.2, 0.25) is 5.82 Å². The third-order valence-corrected chi connectivity index (χ3v) is 7.60. The Morgan fingerprint density at radius 3 is 2.59 bits per heavy atom. The number of aromatic nitrogens is 4. The van der Waals surface area contributed by atoms with Gasteiger partial charge in [0.15, 0.2) is 0 Å². The van der Waals surface area contributed by atoms with Crippen LogP contribution in [0.15, 0.2) is 35.0 Å². The van der Waals surface area contributed by atoms with E-state index in [-0.39, 0.29) is 0 Å². The number of likely N-dealkylation sites (tertiary alicyclic amines) is 1. The Morgan fingerprint density at radius 2 is 1.82 bits per heavy atom. The van der Waals surface area contributed by atoms with Gasteiger partial charge < -0.3 is 14.2 Å². The SMILES string of the molecule is COCc1c(-c2nc(-c3ccc(CCN4CCCCC4C)cc3)no2)cnn1C1CCCCC1. The number of piperidine rings is 1. The lowest BCUT2D eigenvalue weighted by Crippen LogP contribution is -2.38. The molecular weight excluding hydrogens is 426 g/mol. The Kier molecular flexibility index (Phi) is 7.40. The van der Waals surface area contributed by atoms with Crippen molar-refractivity contribution in [2.24, 2.45) is 0 Å². The fourth-order valence-electron chi connectivity index (χ4n) is 5.52. The zero-order valence-corrected chi connectivity index (χ0v) is 20.6. The van der Waals surface area contributed by atoms with Crippen LogP contribution in [0.3, 0.4) is 0 Å². The van der Waals surface area contributed by atoms with Crippen LogP contribution in [0.4, 0.5) is 0 Å². The second-order valence-corrected chi connectivity index (χ2v) is 9.93. The van der Waals surface area contributed by atoms with Crippen LogP contribution in [0, 0.1) is 0 Å². The lowest BCUT2D eigenvalue weighted by atomic mass is 9.95. The van der Waals surface area contributed by atoms with Crippen molar-refractivity contribution in [3.8, 4) is 22.8 Å². The van der Waals surface area contributed by atoms with Crippen LogP contribution < -0.4 is 0 Å². The Balaban J connectivity index is 1.28. The van der Waals surface area contributed by atoms with Gasteiger partial charge in [0.05, 0.1) is 30.1 Å². The minimum Gasteiger partial charge on any atom is -0.378 e. The molecule has 2 fully saturated rings. The molecule has 7 heteroatoms. The van der Waals surface area contributed by atoms with E-state index in [1.54, 1.807) is 7.11 Å². The van der Waals surface area contributed by atoms with Crippen LogP contribution in [0.25, 0.3) is 22.8 Å². The summed E-state index contributed by atoms with van der Waals surface area (Å²) >= 11 is 0. The van der Waals surface area contributed by atoms with Crippen LogP contribution in [-0.2, 0) is 17.8 Å². The first-order chi connectivity index (χ1) is 16.7. The van der Waals surface area contributed by atoms with Crippen molar-refractivity contribution in [3.63, 3.8) is 0 Å². The van der Waals surface area contributed by atoms with Crippen molar-refractivity contribution in [1.82, 2.24) is 24.8 Å². The highest BCUT2D eigenvalue weighted by Gasteiger charge is 2.24. The van der Waals surface area contributed by atoms with Crippen LogP contribution in [0.2, 0.25) is 0 Å². The molecular formula is C27H37N5O2. The van der Waals surface area contributed by atoms with Crippen molar-refractivity contribution in [3.05, 3.63) is 41.7 Å². The maximum Gasteiger partial charge on any atom is 0.261 e. The molecule has 0 radical (unpaired) electrons. The molecule has 0 spiro atoms. The van der Waals surface area contributed by atoms with Gasteiger partial charge in [-0.15, -0.1) is 0 Å². The van der Waals surface area contributed by atoms with E-state index in [0.717, 1.165) is 42.6 Å². The zero-order chi connectivity index (χ0) is 23.3. The molecule has 1 aromatic carbocycles. The van der Waals surface area contributed by atoms with E-state index in [2.05, 4.69) is 45.9 Å². The number of benzene rings is 1. The van der Waals surface area contributed by atoms with Gasteiger partial charge in [0.1, 0.15) is 0 Å². The molecule has 34 heavy (non-hydrogen) atoms. The van der Waals surface area contributed by atoms with Gasteiger partial charge in [-0.1, -0.05) is 55.1 Å². The molecule has 1 aliphatic heterocycles. The van der Waals surface area contributed by atoms with Crippen LogP contribution >= 0.6 is 0 Å². The number of hydrogen-bond acceptors (Lipinski definition) is 6. The first-order valence-corrected chi connectivity index (χ1v) is 13.0. The number of methoxy groups -OCH3 is 1. The second-order valence-electron chi connectivity index (χ2n) is 9.93.